The van der Waals surface area contributed by atoms with Gasteiger partial charge in [-0.3, -0.25) is 4.79 Å². The molecule has 0 aromatic heterocycles. The van der Waals surface area contributed by atoms with Crippen LogP contribution < -0.4 is 5.73 Å². The lowest BCUT2D eigenvalue weighted by atomic mass is 9.99. The molecule has 0 spiro atoms. The number of carbonyl (C=O) groups excluding carboxylic acids is 1. The van der Waals surface area contributed by atoms with Crippen molar-refractivity contribution in [2.45, 2.75) is 18.9 Å². The van der Waals surface area contributed by atoms with E-state index in [1.54, 1.807) is 0 Å². The molecule has 0 fully saturated rings. The van der Waals surface area contributed by atoms with Gasteiger partial charge in [-0.2, -0.15) is 0 Å². The number of nitrogens with zero attached hydrogens (tertiary/aromatic N) is 1. The predicted octanol–water partition coefficient (Wildman–Crippen LogP) is 3.87. The Morgan fingerprint density at radius 1 is 0.960 bits per heavy atom. The van der Waals surface area contributed by atoms with Gasteiger partial charge in [0.2, 0.25) is 0 Å². The Labute approximate surface area is 149 Å². The first-order chi connectivity index (χ1) is 12.2. The molecule has 128 valence electrons. The van der Waals surface area contributed by atoms with Crippen molar-refractivity contribution in [2.75, 3.05) is 13.6 Å². The average molecular weight is 332 g/mol. The minimum Gasteiger partial charge on any atom is -0.338 e. The fraction of sp³-hybridized carbons (Fsp3) is 0.227. The fourth-order valence-corrected chi connectivity index (χ4v) is 3.28. The molecule has 0 bridgehead atoms. The van der Waals surface area contributed by atoms with Crippen molar-refractivity contribution < 1.29 is 4.79 Å². The van der Waals surface area contributed by atoms with Gasteiger partial charge in [-0.05, 0) is 41.8 Å². The molecule has 0 unspecified atom stereocenters. The molecule has 3 nitrogen and oxygen atoms in total. The van der Waals surface area contributed by atoms with E-state index in [2.05, 4.69) is 12.1 Å². The first-order valence-corrected chi connectivity index (χ1v) is 8.69. The summed E-state index contributed by atoms with van der Waals surface area (Å²) in [5.74, 6) is 0.0474. The molecule has 0 aliphatic heterocycles. The third-order valence-electron chi connectivity index (χ3n) is 4.70. The van der Waals surface area contributed by atoms with E-state index in [9.17, 15) is 4.79 Å². The Kier molecular flexibility index (Phi) is 5.46. The maximum Gasteiger partial charge on any atom is 0.254 e. The van der Waals surface area contributed by atoms with Gasteiger partial charge in [0.05, 0.1) is 0 Å². The Morgan fingerprint density at radius 3 is 2.40 bits per heavy atom. The average Bonchev–Trinajstić information content (AvgIpc) is 2.67. The lowest BCUT2D eigenvalue weighted by molar-refractivity contribution is 0.0727. The Bertz CT molecular complexity index is 840. The number of rotatable bonds is 6. The van der Waals surface area contributed by atoms with Crippen LogP contribution in [0, 0.1) is 0 Å². The lowest BCUT2D eigenvalue weighted by Gasteiger charge is -2.28. The summed E-state index contributed by atoms with van der Waals surface area (Å²) in [6.45, 7) is 0.560. The molecule has 0 aliphatic carbocycles. The number of hydrogen-bond acceptors (Lipinski definition) is 2. The first-order valence-electron chi connectivity index (χ1n) is 8.69. The summed E-state index contributed by atoms with van der Waals surface area (Å²) in [6, 6.07) is 24.2. The monoisotopic (exact) mass is 332 g/mol. The zero-order valence-corrected chi connectivity index (χ0v) is 14.6. The maximum atomic E-state index is 13.2. The van der Waals surface area contributed by atoms with Crippen molar-refractivity contribution in [3.63, 3.8) is 0 Å². The summed E-state index contributed by atoms with van der Waals surface area (Å²) in [5, 5.41) is 2.08. The molecular weight excluding hydrogens is 308 g/mol. The molecular formula is C22H24N2O. The molecule has 0 aliphatic rings. The van der Waals surface area contributed by atoms with Crippen molar-refractivity contribution in [1.82, 2.24) is 4.90 Å². The highest BCUT2D eigenvalue weighted by Gasteiger charge is 2.22. The summed E-state index contributed by atoms with van der Waals surface area (Å²) >= 11 is 0. The normalized spacial score (nSPS) is 12.1. The van der Waals surface area contributed by atoms with Gasteiger partial charge >= 0.3 is 0 Å². The molecule has 0 heterocycles. The highest BCUT2D eigenvalue weighted by molar-refractivity contribution is 6.07. The topological polar surface area (TPSA) is 46.3 Å². The Hall–Kier alpha value is -2.65. The van der Waals surface area contributed by atoms with E-state index in [0.29, 0.717) is 6.54 Å². The quantitative estimate of drug-likeness (QED) is 0.745. The van der Waals surface area contributed by atoms with Gasteiger partial charge in [0, 0.05) is 18.7 Å². The molecule has 3 aromatic carbocycles. The summed E-state index contributed by atoms with van der Waals surface area (Å²) < 4.78 is 0. The molecule has 2 N–H and O–H groups in total. The van der Waals surface area contributed by atoms with Crippen molar-refractivity contribution in [1.29, 1.82) is 0 Å². The van der Waals surface area contributed by atoms with Crippen LogP contribution in [0.3, 0.4) is 0 Å². The van der Waals surface area contributed by atoms with E-state index in [1.807, 2.05) is 72.6 Å². The van der Waals surface area contributed by atoms with Gasteiger partial charge in [-0.1, -0.05) is 66.7 Å². The number of carbonyl (C=O) groups is 1. The molecule has 25 heavy (non-hydrogen) atoms. The number of amides is 1. The number of benzene rings is 3. The van der Waals surface area contributed by atoms with Crippen molar-refractivity contribution in [3.05, 3.63) is 83.9 Å². The smallest absolute Gasteiger partial charge is 0.254 e. The van der Waals surface area contributed by atoms with Crippen LogP contribution in [0.5, 0.6) is 0 Å². The summed E-state index contributed by atoms with van der Waals surface area (Å²) in [6.07, 6.45) is 1.59. The molecule has 1 amide bonds. The number of likely N-dealkylation sites (N-methyl/N-ethyl adjacent to an activating group) is 1. The van der Waals surface area contributed by atoms with Crippen molar-refractivity contribution in [2.24, 2.45) is 5.73 Å². The van der Waals surface area contributed by atoms with Gasteiger partial charge in [-0.15, -0.1) is 0 Å². The lowest BCUT2D eigenvalue weighted by Crippen LogP contribution is -2.40. The largest absolute Gasteiger partial charge is 0.338 e. The van der Waals surface area contributed by atoms with Crippen LogP contribution >= 0.6 is 0 Å². The molecule has 0 saturated carbocycles. The van der Waals surface area contributed by atoms with E-state index < -0.39 is 0 Å². The maximum absolute atomic E-state index is 13.2. The zero-order chi connectivity index (χ0) is 17.6. The van der Waals surface area contributed by atoms with E-state index in [0.717, 1.165) is 29.2 Å². The van der Waals surface area contributed by atoms with E-state index in [4.69, 9.17) is 5.73 Å². The first kappa shape index (κ1) is 17.2. The van der Waals surface area contributed by atoms with E-state index >= 15 is 0 Å². The summed E-state index contributed by atoms with van der Waals surface area (Å²) in [5.41, 5.74) is 7.78. The summed E-state index contributed by atoms with van der Waals surface area (Å²) in [7, 11) is 1.88. The highest BCUT2D eigenvalue weighted by atomic mass is 16.2. The third kappa shape index (κ3) is 3.89. The second-order valence-electron chi connectivity index (χ2n) is 6.36. The highest BCUT2D eigenvalue weighted by Crippen LogP contribution is 2.21. The molecule has 3 rings (SSSR count). The van der Waals surface area contributed by atoms with Crippen molar-refractivity contribution in [3.8, 4) is 0 Å². The van der Waals surface area contributed by atoms with Crippen LogP contribution in [-0.4, -0.2) is 30.4 Å². The second-order valence-corrected chi connectivity index (χ2v) is 6.36. The van der Waals surface area contributed by atoms with Crippen LogP contribution in [0.15, 0.2) is 72.8 Å². The van der Waals surface area contributed by atoms with Crippen LogP contribution in [0.4, 0.5) is 0 Å². The van der Waals surface area contributed by atoms with Crippen LogP contribution in [-0.2, 0) is 6.42 Å². The molecule has 3 aromatic rings. The standard InChI is InChI=1S/C22H24N2O/c1-24(19(14-15-23)16-17-8-3-2-4-9-17)22(25)21-13-7-11-18-10-5-6-12-20(18)21/h2-13,19H,14-16,23H2,1H3/t19-/m1/s1. The SMILES string of the molecule is CN(C(=O)c1cccc2ccccc12)[C@H](CCN)Cc1ccccc1. The molecule has 0 radical (unpaired) electrons. The minimum atomic E-state index is 0.0474. The van der Waals surface area contributed by atoms with Gasteiger partial charge in [0.15, 0.2) is 0 Å². The number of hydrogen-bond donors (Lipinski definition) is 1. The number of fused-ring (bicyclic) bond motifs is 1. The third-order valence-corrected chi connectivity index (χ3v) is 4.70. The van der Waals surface area contributed by atoms with Crippen LogP contribution in [0.1, 0.15) is 22.3 Å². The van der Waals surface area contributed by atoms with E-state index in [-0.39, 0.29) is 11.9 Å². The molecule has 3 heteroatoms. The summed E-state index contributed by atoms with van der Waals surface area (Å²) in [4.78, 5) is 15.0. The zero-order valence-electron chi connectivity index (χ0n) is 14.6. The van der Waals surface area contributed by atoms with Gasteiger partial charge in [0.1, 0.15) is 0 Å². The predicted molar refractivity (Wildman–Crippen MR) is 104 cm³/mol. The van der Waals surface area contributed by atoms with Crippen molar-refractivity contribution >= 4 is 16.7 Å². The van der Waals surface area contributed by atoms with Gasteiger partial charge in [-0.25, -0.2) is 0 Å². The fourth-order valence-electron chi connectivity index (χ4n) is 3.28. The molecule has 1 atom stereocenters. The number of nitrogens with two attached hydrogens (primary N) is 1. The van der Waals surface area contributed by atoms with E-state index in [1.165, 1.54) is 5.56 Å². The Morgan fingerprint density at radius 2 is 1.64 bits per heavy atom. The van der Waals surface area contributed by atoms with Crippen LogP contribution in [0.25, 0.3) is 10.8 Å². The van der Waals surface area contributed by atoms with Gasteiger partial charge in [0.25, 0.3) is 5.91 Å². The Balaban J connectivity index is 1.88. The van der Waals surface area contributed by atoms with Crippen LogP contribution in [0.2, 0.25) is 0 Å². The second kappa shape index (κ2) is 7.95. The minimum absolute atomic E-state index is 0.0474. The molecule has 0 saturated heterocycles. The van der Waals surface area contributed by atoms with Gasteiger partial charge < -0.3 is 10.6 Å².